The van der Waals surface area contributed by atoms with Gasteiger partial charge >= 0.3 is 0 Å². The second-order valence-electron chi connectivity index (χ2n) is 4.85. The highest BCUT2D eigenvalue weighted by molar-refractivity contribution is 5.91. The Balaban J connectivity index is 1.91. The molecule has 1 saturated heterocycles. The fraction of sp³-hybridized carbons (Fsp3) is 0.538. The van der Waals surface area contributed by atoms with Gasteiger partial charge in [-0.2, -0.15) is 0 Å². The third kappa shape index (κ3) is 3.43. The molecule has 0 saturated carbocycles. The number of carbonyl (C=O) groups is 1. The topological polar surface area (TPSA) is 71.2 Å². The molecule has 0 bridgehead atoms. The summed E-state index contributed by atoms with van der Waals surface area (Å²) in [5.41, 5.74) is 6.40. The lowest BCUT2D eigenvalue weighted by Crippen LogP contribution is -2.33. The predicted octanol–water partition coefficient (Wildman–Crippen LogP) is 1.08. The zero-order valence-electron chi connectivity index (χ0n) is 10.7. The van der Waals surface area contributed by atoms with E-state index in [0.29, 0.717) is 11.7 Å². The molecule has 1 aliphatic rings. The summed E-state index contributed by atoms with van der Waals surface area (Å²) in [5.74, 6) is -0.495. The van der Waals surface area contributed by atoms with Crippen LogP contribution in [0, 0.1) is 0 Å². The van der Waals surface area contributed by atoms with E-state index < -0.39 is 5.91 Å². The Morgan fingerprint density at radius 2 is 2.28 bits per heavy atom. The average Bonchev–Trinajstić information content (AvgIpc) is 2.82. The number of rotatable bonds is 5. The lowest BCUT2D eigenvalue weighted by molar-refractivity contribution is 0.0995. The predicted molar refractivity (Wildman–Crippen MR) is 71.5 cm³/mol. The first kappa shape index (κ1) is 12.8. The van der Waals surface area contributed by atoms with Gasteiger partial charge in [0.2, 0.25) is 0 Å². The fourth-order valence-corrected chi connectivity index (χ4v) is 2.34. The van der Waals surface area contributed by atoms with Crippen molar-refractivity contribution in [3.8, 4) is 0 Å². The monoisotopic (exact) mass is 248 g/mol. The number of nitrogens with two attached hydrogens (primary N) is 1. The van der Waals surface area contributed by atoms with E-state index in [9.17, 15) is 4.79 Å². The SMILES string of the molecule is CC(CN1CCCC1)Nc1ccnc(C(N)=O)c1. The van der Waals surface area contributed by atoms with Gasteiger partial charge in [0.15, 0.2) is 0 Å². The fourth-order valence-electron chi connectivity index (χ4n) is 2.34. The van der Waals surface area contributed by atoms with Crippen molar-refractivity contribution in [2.75, 3.05) is 25.0 Å². The minimum Gasteiger partial charge on any atom is -0.381 e. The maximum Gasteiger partial charge on any atom is 0.267 e. The van der Waals surface area contributed by atoms with Gasteiger partial charge in [-0.3, -0.25) is 9.78 Å². The first-order valence-corrected chi connectivity index (χ1v) is 6.40. The minimum atomic E-state index is -0.495. The largest absolute Gasteiger partial charge is 0.381 e. The molecule has 1 aromatic rings. The van der Waals surface area contributed by atoms with Crippen LogP contribution in [0.3, 0.4) is 0 Å². The number of hydrogen-bond acceptors (Lipinski definition) is 4. The minimum absolute atomic E-state index is 0.299. The summed E-state index contributed by atoms with van der Waals surface area (Å²) in [6.07, 6.45) is 4.20. The van der Waals surface area contributed by atoms with Gasteiger partial charge < -0.3 is 16.0 Å². The van der Waals surface area contributed by atoms with Crippen LogP contribution in [-0.2, 0) is 0 Å². The number of pyridine rings is 1. The third-order valence-corrected chi connectivity index (χ3v) is 3.16. The number of nitrogens with one attached hydrogen (secondary N) is 1. The quantitative estimate of drug-likeness (QED) is 0.818. The van der Waals surface area contributed by atoms with Crippen molar-refractivity contribution in [2.24, 2.45) is 5.73 Å². The molecular weight excluding hydrogens is 228 g/mol. The van der Waals surface area contributed by atoms with E-state index in [2.05, 4.69) is 22.1 Å². The Morgan fingerprint density at radius 3 is 2.94 bits per heavy atom. The Hall–Kier alpha value is -1.62. The van der Waals surface area contributed by atoms with E-state index in [4.69, 9.17) is 5.73 Å². The summed E-state index contributed by atoms with van der Waals surface area (Å²) in [6.45, 7) is 5.54. The summed E-state index contributed by atoms with van der Waals surface area (Å²) in [6, 6.07) is 3.89. The van der Waals surface area contributed by atoms with Crippen LogP contribution in [0.15, 0.2) is 18.3 Å². The van der Waals surface area contributed by atoms with Crippen molar-refractivity contribution in [3.05, 3.63) is 24.0 Å². The summed E-state index contributed by atoms with van der Waals surface area (Å²) in [4.78, 5) is 17.4. The zero-order valence-corrected chi connectivity index (χ0v) is 10.7. The van der Waals surface area contributed by atoms with Crippen LogP contribution in [0.25, 0.3) is 0 Å². The van der Waals surface area contributed by atoms with Crippen molar-refractivity contribution in [2.45, 2.75) is 25.8 Å². The first-order chi connectivity index (χ1) is 8.65. The lowest BCUT2D eigenvalue weighted by Gasteiger charge is -2.22. The number of carbonyl (C=O) groups excluding carboxylic acids is 1. The van der Waals surface area contributed by atoms with Gasteiger partial charge in [-0.25, -0.2) is 0 Å². The van der Waals surface area contributed by atoms with E-state index in [1.54, 1.807) is 12.3 Å². The molecule has 3 N–H and O–H groups in total. The van der Waals surface area contributed by atoms with E-state index >= 15 is 0 Å². The van der Waals surface area contributed by atoms with Gasteiger partial charge in [0.05, 0.1) is 0 Å². The van der Waals surface area contributed by atoms with Crippen molar-refractivity contribution in [1.82, 2.24) is 9.88 Å². The van der Waals surface area contributed by atoms with E-state index in [0.717, 1.165) is 12.2 Å². The number of amides is 1. The van der Waals surface area contributed by atoms with Gasteiger partial charge in [-0.1, -0.05) is 0 Å². The number of aromatic nitrogens is 1. The lowest BCUT2D eigenvalue weighted by atomic mass is 10.2. The van der Waals surface area contributed by atoms with Crippen LogP contribution in [0.1, 0.15) is 30.3 Å². The van der Waals surface area contributed by atoms with Gasteiger partial charge in [-0.15, -0.1) is 0 Å². The van der Waals surface area contributed by atoms with E-state index in [1.807, 2.05) is 6.07 Å². The highest BCUT2D eigenvalue weighted by Crippen LogP contribution is 2.12. The highest BCUT2D eigenvalue weighted by atomic mass is 16.1. The van der Waals surface area contributed by atoms with Crippen molar-refractivity contribution < 1.29 is 4.79 Å². The summed E-state index contributed by atoms with van der Waals surface area (Å²) in [5, 5.41) is 3.37. The number of likely N-dealkylation sites (tertiary alicyclic amines) is 1. The highest BCUT2D eigenvalue weighted by Gasteiger charge is 2.14. The molecule has 1 amide bonds. The maximum absolute atomic E-state index is 11.0. The zero-order chi connectivity index (χ0) is 13.0. The molecule has 2 rings (SSSR count). The van der Waals surface area contributed by atoms with Crippen LogP contribution < -0.4 is 11.1 Å². The molecular formula is C13H20N4O. The molecule has 0 spiro atoms. The molecule has 1 fully saturated rings. The maximum atomic E-state index is 11.0. The third-order valence-electron chi connectivity index (χ3n) is 3.16. The van der Waals surface area contributed by atoms with E-state index in [1.165, 1.54) is 25.9 Å². The molecule has 0 aromatic carbocycles. The van der Waals surface area contributed by atoms with Crippen molar-refractivity contribution in [3.63, 3.8) is 0 Å². The first-order valence-electron chi connectivity index (χ1n) is 6.40. The van der Waals surface area contributed by atoms with Crippen molar-refractivity contribution in [1.29, 1.82) is 0 Å². The Morgan fingerprint density at radius 1 is 1.56 bits per heavy atom. The smallest absolute Gasteiger partial charge is 0.267 e. The van der Waals surface area contributed by atoms with Gasteiger partial charge in [-0.05, 0) is 45.0 Å². The molecule has 18 heavy (non-hydrogen) atoms. The number of nitrogens with zero attached hydrogens (tertiary/aromatic N) is 2. The van der Waals surface area contributed by atoms with Gasteiger partial charge in [0, 0.05) is 24.5 Å². The number of primary amides is 1. The number of hydrogen-bond donors (Lipinski definition) is 2. The Bertz CT molecular complexity index is 415. The molecule has 1 atom stereocenters. The molecule has 2 heterocycles. The summed E-state index contributed by atoms with van der Waals surface area (Å²) < 4.78 is 0. The van der Waals surface area contributed by atoms with Gasteiger partial charge in [0.1, 0.15) is 5.69 Å². The van der Waals surface area contributed by atoms with Crippen LogP contribution >= 0.6 is 0 Å². The summed E-state index contributed by atoms with van der Waals surface area (Å²) in [7, 11) is 0. The second-order valence-corrected chi connectivity index (χ2v) is 4.85. The molecule has 5 nitrogen and oxygen atoms in total. The standard InChI is InChI=1S/C13H20N4O/c1-10(9-17-6-2-3-7-17)16-11-4-5-15-12(8-11)13(14)18/h4-5,8,10H,2-3,6-7,9H2,1H3,(H2,14,18)(H,15,16). The molecule has 0 radical (unpaired) electrons. The Labute approximate surface area is 107 Å². The molecule has 1 aromatic heterocycles. The molecule has 1 unspecified atom stereocenters. The van der Waals surface area contributed by atoms with E-state index in [-0.39, 0.29) is 0 Å². The van der Waals surface area contributed by atoms with Crippen LogP contribution in [-0.4, -0.2) is 41.5 Å². The molecule has 5 heteroatoms. The second kappa shape index (κ2) is 5.82. The normalized spacial score (nSPS) is 17.6. The molecule has 98 valence electrons. The summed E-state index contributed by atoms with van der Waals surface area (Å²) >= 11 is 0. The average molecular weight is 248 g/mol. The van der Waals surface area contributed by atoms with Crippen molar-refractivity contribution >= 4 is 11.6 Å². The van der Waals surface area contributed by atoms with Crippen LogP contribution in [0.5, 0.6) is 0 Å². The number of anilines is 1. The van der Waals surface area contributed by atoms with Crippen LogP contribution in [0.4, 0.5) is 5.69 Å². The van der Waals surface area contributed by atoms with Crippen LogP contribution in [0.2, 0.25) is 0 Å². The van der Waals surface area contributed by atoms with Gasteiger partial charge in [0.25, 0.3) is 5.91 Å². The Kier molecular flexibility index (Phi) is 4.15. The molecule has 1 aliphatic heterocycles. The molecule has 0 aliphatic carbocycles.